The summed E-state index contributed by atoms with van der Waals surface area (Å²) < 4.78 is 7.41. The zero-order valence-electron chi connectivity index (χ0n) is 16.7. The van der Waals surface area contributed by atoms with Gasteiger partial charge in [0.05, 0.1) is 12.4 Å². The molecule has 4 aromatic rings. The molecule has 9 nitrogen and oxygen atoms in total. The Hall–Kier alpha value is -3.79. The number of rotatable bonds is 7. The monoisotopic (exact) mass is 436 g/mol. The molecule has 0 bridgehead atoms. The van der Waals surface area contributed by atoms with E-state index in [0.717, 1.165) is 39.7 Å². The summed E-state index contributed by atoms with van der Waals surface area (Å²) in [5.74, 6) is 0.834. The normalized spacial score (nSPS) is 10.9. The second-order valence-electron chi connectivity index (χ2n) is 6.52. The van der Waals surface area contributed by atoms with Gasteiger partial charge in [-0.1, -0.05) is 30.0 Å². The molecule has 0 unspecified atom stereocenters. The predicted octanol–water partition coefficient (Wildman–Crippen LogP) is 3.10. The highest BCUT2D eigenvalue weighted by atomic mass is 32.2. The second-order valence-corrected chi connectivity index (χ2v) is 7.46. The summed E-state index contributed by atoms with van der Waals surface area (Å²) in [7, 11) is 0. The topological polar surface area (TPSA) is 128 Å². The van der Waals surface area contributed by atoms with Crippen LogP contribution in [0.1, 0.15) is 6.92 Å². The van der Waals surface area contributed by atoms with E-state index in [4.69, 9.17) is 10.5 Å². The number of fused-ring (bicyclic) bond motifs is 1. The molecule has 158 valence electrons. The van der Waals surface area contributed by atoms with E-state index in [1.165, 1.54) is 0 Å². The molecule has 2 aromatic heterocycles. The van der Waals surface area contributed by atoms with Gasteiger partial charge in [0.25, 0.3) is 0 Å². The van der Waals surface area contributed by atoms with Crippen LogP contribution in [0.3, 0.4) is 0 Å². The van der Waals surface area contributed by atoms with Gasteiger partial charge >= 0.3 is 6.03 Å². The van der Waals surface area contributed by atoms with E-state index < -0.39 is 11.9 Å². The number of ether oxygens (including phenoxy) is 1. The molecule has 2 heterocycles. The molecule has 0 fully saturated rings. The maximum absolute atomic E-state index is 11.9. The Kier molecular flexibility index (Phi) is 5.89. The van der Waals surface area contributed by atoms with Gasteiger partial charge in [-0.15, -0.1) is 10.2 Å². The highest BCUT2D eigenvalue weighted by molar-refractivity contribution is 7.99. The summed E-state index contributed by atoms with van der Waals surface area (Å²) in [5, 5.41) is 12.3. The first-order chi connectivity index (χ1) is 15.1. The number of carbonyl (C=O) groups excluding carboxylic acids is 2. The molecule has 0 aliphatic heterocycles. The van der Waals surface area contributed by atoms with E-state index in [-0.39, 0.29) is 5.75 Å². The van der Waals surface area contributed by atoms with Crippen molar-refractivity contribution in [3.8, 4) is 22.8 Å². The lowest BCUT2D eigenvalue weighted by atomic mass is 10.1. The van der Waals surface area contributed by atoms with Crippen LogP contribution in [-0.4, -0.2) is 44.0 Å². The van der Waals surface area contributed by atoms with Crippen LogP contribution in [0.25, 0.3) is 28.0 Å². The van der Waals surface area contributed by atoms with Gasteiger partial charge in [-0.25, -0.2) is 4.79 Å². The number of benzene rings is 2. The molecule has 2 aromatic carbocycles. The van der Waals surface area contributed by atoms with E-state index in [1.54, 1.807) is 0 Å². The quantitative estimate of drug-likeness (QED) is 0.382. The minimum Gasteiger partial charge on any atom is -0.494 e. The number of primary amides is 1. The Bertz CT molecular complexity index is 1230. The average Bonchev–Trinajstić information content (AvgIpc) is 3.36. The lowest BCUT2D eigenvalue weighted by Crippen LogP contribution is -2.36. The lowest BCUT2D eigenvalue weighted by molar-refractivity contribution is -0.117. The first-order valence-electron chi connectivity index (χ1n) is 9.54. The zero-order valence-corrected chi connectivity index (χ0v) is 17.5. The minimum atomic E-state index is -0.891. The van der Waals surface area contributed by atoms with Gasteiger partial charge in [-0.2, -0.15) is 0 Å². The van der Waals surface area contributed by atoms with Crippen LogP contribution < -0.4 is 15.8 Å². The van der Waals surface area contributed by atoms with Crippen molar-refractivity contribution in [3.05, 3.63) is 54.7 Å². The van der Waals surface area contributed by atoms with Crippen LogP contribution in [0.5, 0.6) is 5.75 Å². The highest BCUT2D eigenvalue weighted by Gasteiger charge is 2.20. The van der Waals surface area contributed by atoms with E-state index >= 15 is 0 Å². The number of H-pyrrole nitrogens is 1. The Morgan fingerprint density at radius 1 is 1.16 bits per heavy atom. The summed E-state index contributed by atoms with van der Waals surface area (Å²) >= 11 is 1.16. The highest BCUT2D eigenvalue weighted by Crippen LogP contribution is 2.32. The van der Waals surface area contributed by atoms with Crippen molar-refractivity contribution in [2.24, 2.45) is 5.73 Å². The third-order valence-electron chi connectivity index (χ3n) is 4.46. The van der Waals surface area contributed by atoms with Crippen molar-refractivity contribution in [1.82, 2.24) is 25.1 Å². The van der Waals surface area contributed by atoms with Gasteiger partial charge in [0.1, 0.15) is 5.75 Å². The fourth-order valence-corrected chi connectivity index (χ4v) is 3.94. The molecule has 31 heavy (non-hydrogen) atoms. The van der Waals surface area contributed by atoms with Gasteiger partial charge < -0.3 is 15.5 Å². The number of carbonyl (C=O) groups is 2. The van der Waals surface area contributed by atoms with Crippen LogP contribution in [0.15, 0.2) is 59.9 Å². The fourth-order valence-electron chi connectivity index (χ4n) is 3.19. The molecule has 0 saturated carbocycles. The molecule has 4 N–H and O–H groups in total. The number of aromatic nitrogens is 4. The average molecular weight is 436 g/mol. The summed E-state index contributed by atoms with van der Waals surface area (Å²) in [6.07, 6.45) is 1.88. The molecule has 0 radical (unpaired) electrons. The summed E-state index contributed by atoms with van der Waals surface area (Å²) in [5.41, 5.74) is 7.69. The number of urea groups is 1. The summed E-state index contributed by atoms with van der Waals surface area (Å²) in [6.45, 7) is 2.50. The molecule has 4 rings (SSSR count). The summed E-state index contributed by atoms with van der Waals surface area (Å²) in [6, 6.07) is 14.6. The third kappa shape index (κ3) is 4.38. The number of nitrogens with zero attached hydrogens (tertiary/aromatic N) is 3. The minimum absolute atomic E-state index is 0.0357. The maximum atomic E-state index is 11.9. The number of aromatic amines is 1. The molecule has 0 saturated heterocycles. The lowest BCUT2D eigenvalue weighted by Gasteiger charge is -2.11. The second kappa shape index (κ2) is 8.92. The number of nitrogens with one attached hydrogen (secondary N) is 2. The van der Waals surface area contributed by atoms with E-state index in [0.29, 0.717) is 17.6 Å². The molecule has 3 amide bonds. The molecular weight excluding hydrogens is 416 g/mol. The van der Waals surface area contributed by atoms with Crippen LogP contribution in [0.4, 0.5) is 4.79 Å². The predicted molar refractivity (Wildman–Crippen MR) is 118 cm³/mol. The van der Waals surface area contributed by atoms with Crippen molar-refractivity contribution >= 4 is 34.6 Å². The van der Waals surface area contributed by atoms with Gasteiger partial charge in [-0.05, 0) is 37.3 Å². The fraction of sp³-hybridized carbons (Fsp3) is 0.143. The van der Waals surface area contributed by atoms with Gasteiger partial charge in [-0.3, -0.25) is 14.7 Å². The van der Waals surface area contributed by atoms with Crippen molar-refractivity contribution in [2.45, 2.75) is 12.1 Å². The Morgan fingerprint density at radius 2 is 1.94 bits per heavy atom. The van der Waals surface area contributed by atoms with Gasteiger partial charge in [0, 0.05) is 28.4 Å². The molecule has 0 aliphatic carbocycles. The van der Waals surface area contributed by atoms with Crippen LogP contribution in [0.2, 0.25) is 0 Å². The van der Waals surface area contributed by atoms with Crippen molar-refractivity contribution in [3.63, 3.8) is 0 Å². The largest absolute Gasteiger partial charge is 0.494 e. The molecule has 0 spiro atoms. The number of hydrogen-bond acceptors (Lipinski definition) is 6. The van der Waals surface area contributed by atoms with Crippen LogP contribution in [-0.2, 0) is 4.79 Å². The summed E-state index contributed by atoms with van der Waals surface area (Å²) in [4.78, 5) is 26.0. The SMILES string of the molecule is CCOc1ccc(-n2c(SCC(=O)NC(N)=O)nnc2-c2c[nH]c3ccccc23)cc1. The van der Waals surface area contributed by atoms with E-state index in [2.05, 4.69) is 20.5 Å². The van der Waals surface area contributed by atoms with E-state index in [1.807, 2.05) is 66.2 Å². The number of imide groups is 1. The van der Waals surface area contributed by atoms with Crippen molar-refractivity contribution < 1.29 is 14.3 Å². The molecular formula is C21H20N6O3S. The van der Waals surface area contributed by atoms with Crippen molar-refractivity contribution in [2.75, 3.05) is 12.4 Å². The van der Waals surface area contributed by atoms with Crippen LogP contribution in [0, 0.1) is 0 Å². The number of hydrogen-bond donors (Lipinski definition) is 3. The standard InChI is InChI=1S/C21H20N6O3S/c1-2-30-14-9-7-13(8-10-14)27-19(16-11-23-17-6-4-3-5-15(16)17)25-26-21(27)31-12-18(28)24-20(22)29/h3-11,23H,2,12H2,1H3,(H3,22,24,28,29). The Balaban J connectivity index is 1.75. The van der Waals surface area contributed by atoms with E-state index in [9.17, 15) is 9.59 Å². The van der Waals surface area contributed by atoms with Gasteiger partial charge in [0.15, 0.2) is 11.0 Å². The van der Waals surface area contributed by atoms with Gasteiger partial charge in [0.2, 0.25) is 5.91 Å². The maximum Gasteiger partial charge on any atom is 0.318 e. The molecule has 0 atom stereocenters. The number of para-hydroxylation sites is 1. The number of nitrogens with two attached hydrogens (primary N) is 1. The first kappa shape index (κ1) is 20.5. The first-order valence-corrected chi connectivity index (χ1v) is 10.5. The molecule has 10 heteroatoms. The van der Waals surface area contributed by atoms with Crippen LogP contribution >= 0.6 is 11.8 Å². The number of amides is 3. The van der Waals surface area contributed by atoms with Crippen molar-refractivity contribution in [1.29, 1.82) is 0 Å². The number of thioether (sulfide) groups is 1. The zero-order chi connectivity index (χ0) is 21.8. The Labute approximate surface area is 182 Å². The Morgan fingerprint density at radius 3 is 2.68 bits per heavy atom. The molecule has 0 aliphatic rings. The smallest absolute Gasteiger partial charge is 0.318 e. The third-order valence-corrected chi connectivity index (χ3v) is 5.39.